The number of aromatic hydroxyl groups is 1. The van der Waals surface area contributed by atoms with Crippen LogP contribution in [0.4, 0.5) is 0 Å². The molecule has 0 spiro atoms. The summed E-state index contributed by atoms with van der Waals surface area (Å²) in [7, 11) is 0. The van der Waals surface area contributed by atoms with Crippen LogP contribution in [0.25, 0.3) is 10.9 Å². The van der Waals surface area contributed by atoms with Crippen LogP contribution in [0.5, 0.6) is 5.75 Å². The number of primary amides is 2. The fourth-order valence-corrected chi connectivity index (χ4v) is 7.08. The third-order valence-electron chi connectivity index (χ3n) is 14.5. The Balaban J connectivity index is -0.000000190. The van der Waals surface area contributed by atoms with Crippen LogP contribution in [0.1, 0.15) is 110 Å². The van der Waals surface area contributed by atoms with Gasteiger partial charge in [-0.05, 0) is 105 Å². The lowest BCUT2D eigenvalue weighted by molar-refractivity contribution is -0.141. The predicted molar refractivity (Wildman–Crippen MR) is 440 cm³/mol. The van der Waals surface area contributed by atoms with Crippen molar-refractivity contribution in [2.45, 2.75) is 191 Å². The van der Waals surface area contributed by atoms with Crippen LogP contribution in [0.3, 0.4) is 0 Å². The smallest absolute Gasteiger partial charge is 0.323 e. The molecule has 47 nitrogen and oxygen atoms in total. The number of phenols is 1. The van der Waals surface area contributed by atoms with Gasteiger partial charge in [0.05, 0.1) is 25.7 Å². The number of carbonyl (C=O) groups is 15. The molecule has 46 N–H and O–H groups in total. The highest BCUT2D eigenvalue weighted by atomic mass is 32.1. The second kappa shape index (κ2) is 73.0. The van der Waals surface area contributed by atoms with Crippen molar-refractivity contribution in [3.05, 3.63) is 102 Å². The summed E-state index contributed by atoms with van der Waals surface area (Å²) in [5.74, 6) is -13.5. The van der Waals surface area contributed by atoms with E-state index < -0.39 is 169 Å². The minimum atomic E-state index is -1.21. The fourth-order valence-electron chi connectivity index (χ4n) is 6.93. The molecule has 3 aromatic carbocycles. The molecule has 1 aromatic heterocycles. The van der Waals surface area contributed by atoms with Gasteiger partial charge in [-0.1, -0.05) is 109 Å². The van der Waals surface area contributed by atoms with Crippen LogP contribution in [0, 0.1) is 17.8 Å². The molecule has 686 valence electrons. The SMILES string of the molecule is CC(C)C[C@H](N)C(=O)O.CC(C)[C@H](N)C(=O)O.CC[C@H](C)[C@H](N)C(=O)O.C[C@@H](O)[C@H](N)C(=O)O.NC(=O)CC[C@H](N)C(=O)O.NC(=O)C[C@H](N)C(=O)O.NCC(=O)O.N[C@@H](CO)C(=O)O.N[C@@H](CS)C(=O)O.N[C@@H](Cc1c[nH]c2ccccc12)C(=O)O.N[C@@H](Cc1ccc(O)cc1)C(=O)O.N[C@@H](Cc1ccccc1)C(=O)O.O=C(O)[C@@H]1CCCN1. The number of amides is 2. The number of carboxylic acid groups (broad SMARTS) is 13. The van der Waals surface area contributed by atoms with Crippen LogP contribution in [-0.4, -0.2) is 280 Å². The average molecular weight is 1740 g/mol. The van der Waals surface area contributed by atoms with E-state index in [-0.39, 0.29) is 61.6 Å². The first-order chi connectivity index (χ1) is 55.2. The molecule has 1 aliphatic heterocycles. The highest BCUT2D eigenvalue weighted by Crippen LogP contribution is 2.19. The van der Waals surface area contributed by atoms with E-state index in [4.69, 9.17) is 151 Å². The highest BCUT2D eigenvalue weighted by molar-refractivity contribution is 7.80. The lowest BCUT2D eigenvalue weighted by atomic mass is 10.0. The number of thiol groups is 1. The van der Waals surface area contributed by atoms with Gasteiger partial charge in [0.15, 0.2) is 0 Å². The van der Waals surface area contributed by atoms with Gasteiger partial charge in [-0.2, -0.15) is 12.6 Å². The van der Waals surface area contributed by atoms with E-state index in [1.54, 1.807) is 26.0 Å². The number of aliphatic hydroxyl groups excluding tert-OH is 2. The molecule has 48 heteroatoms. The van der Waals surface area contributed by atoms with Gasteiger partial charge in [-0.15, -0.1) is 0 Å². The monoisotopic (exact) mass is 1740 g/mol. The van der Waals surface area contributed by atoms with E-state index in [9.17, 15) is 71.9 Å². The van der Waals surface area contributed by atoms with Crippen LogP contribution >= 0.6 is 12.6 Å². The molecule has 14 atom stereocenters. The van der Waals surface area contributed by atoms with Gasteiger partial charge in [0, 0.05) is 35.7 Å². The molecule has 0 bridgehead atoms. The summed E-state index contributed by atoms with van der Waals surface area (Å²) >= 11 is 3.65. The minimum Gasteiger partial charge on any atom is -0.508 e. The summed E-state index contributed by atoms with van der Waals surface area (Å²) < 4.78 is 0. The van der Waals surface area contributed by atoms with E-state index in [1.807, 2.05) is 88.5 Å². The Bertz CT molecular complexity index is 3540. The number of aromatic nitrogens is 1. The highest BCUT2D eigenvalue weighted by Gasteiger charge is 2.22. The molecule has 1 fully saturated rings. The standard InChI is InChI=1S/C11H12N2O2.C9H11NO3.C9H11NO2.2C6H13NO2.C5H10N2O3.C5H9NO2.C5H11NO2.C4H8N2O3.C4H9NO3.C3H7NO3.C3H7NO2S.C2H5NO2/c12-9(11(14)15)5-7-6-13-10-4-2-1-3-8(7)10;10-8(9(12)13)5-6-1-3-7(11)4-2-6;10-8(9(11)12)6-7-4-2-1-3-5-7;1-4(2)3-5(7)6(8)9;1-3-4(2)5(7)6(8)9;6-3(5(9)10)1-2-4(7)8;7-5(8)4-2-1-3-6-4;1-3(2)4(6)5(7)8;5-2(4(8)9)1-3(6)7;1-2(6)3(5)4(7)8;4-2(1-5)3(6)7;4-2(1-7)3(5)6;3-1-2(4)5/h1-4,6,9,13H,5,12H2,(H,14,15);1-4,8,11H,5,10H2,(H,12,13);1-5,8H,6,10H2,(H,11,12);2*4-5H,3,7H2,1-2H3,(H,8,9);3H,1-2,6H2,(H2,7,8)(H,9,10);4,6H,1-3H2,(H,7,8);3-4H,6H2,1-2H3,(H,7,8);2H,1,5H2,(H2,6,7)(H,8,9);2-3,6H,5H2,1H3,(H,7,8);2,5H,1,4H2,(H,6,7);2,7H,1,4H2,(H,5,6);1,3H2,(H,4,5)/t9-;2*8-;5-;4-,5-;3-;2*4-;2-;2-,3+;2*2-;/m000000000100./s1. The van der Waals surface area contributed by atoms with Crippen molar-refractivity contribution in [2.24, 2.45) is 98.0 Å². The molecular formula is C72H126N16O31S. The van der Waals surface area contributed by atoms with Crippen molar-refractivity contribution in [1.82, 2.24) is 10.3 Å². The molecule has 2 heterocycles. The number of nitrogens with two attached hydrogens (primary N) is 14. The number of aliphatic hydroxyl groups is 2. The predicted octanol–water partition coefficient (Wildman–Crippen LogP) is -4.66. The molecule has 2 amide bonds. The summed E-state index contributed by atoms with van der Waals surface area (Å²) in [6.07, 6.45) is 4.80. The Hall–Kier alpha value is -11.2. The number of aromatic amines is 1. The van der Waals surface area contributed by atoms with Crippen molar-refractivity contribution in [3.8, 4) is 5.75 Å². The van der Waals surface area contributed by atoms with Gasteiger partial charge in [0.1, 0.15) is 78.3 Å². The third-order valence-corrected chi connectivity index (χ3v) is 14.9. The number of fused-ring (bicyclic) bond motifs is 1. The zero-order chi connectivity index (χ0) is 95.6. The lowest BCUT2D eigenvalue weighted by Crippen LogP contribution is -2.39. The Morgan fingerprint density at radius 1 is 0.475 bits per heavy atom. The zero-order valence-electron chi connectivity index (χ0n) is 67.5. The van der Waals surface area contributed by atoms with Crippen LogP contribution in [0.2, 0.25) is 0 Å². The molecule has 0 unspecified atom stereocenters. The summed E-state index contributed by atoms with van der Waals surface area (Å²) in [6, 6.07) is 13.3. The van der Waals surface area contributed by atoms with Crippen molar-refractivity contribution in [1.29, 1.82) is 0 Å². The number of benzene rings is 3. The summed E-state index contributed by atoms with van der Waals surface area (Å²) in [5.41, 5.74) is 74.1. The summed E-state index contributed by atoms with van der Waals surface area (Å²) in [6.45, 7) is 12.6. The first-order valence-corrected chi connectivity index (χ1v) is 36.4. The zero-order valence-corrected chi connectivity index (χ0v) is 68.4. The topological polar surface area (TPSA) is 972 Å². The first kappa shape index (κ1) is 124. The molecule has 1 aliphatic rings. The largest absolute Gasteiger partial charge is 0.508 e. The van der Waals surface area contributed by atoms with Crippen molar-refractivity contribution in [2.75, 3.05) is 25.4 Å². The normalized spacial score (nSPS) is 14.3. The maximum absolute atomic E-state index is 10.6. The van der Waals surface area contributed by atoms with Crippen molar-refractivity contribution < 1.29 is 154 Å². The number of carbonyl (C=O) groups excluding carboxylic acids is 2. The quantitative estimate of drug-likeness (QED) is 0.0204. The number of para-hydroxylation sites is 1. The number of carboxylic acids is 13. The Morgan fingerprint density at radius 3 is 1.11 bits per heavy atom. The number of phenolic OH excluding ortho intramolecular Hbond substituents is 1. The number of hydrogen-bond acceptors (Lipinski definition) is 32. The number of rotatable bonds is 32. The number of hydrogen-bond donors (Lipinski definition) is 33. The Labute approximate surface area is 696 Å². The van der Waals surface area contributed by atoms with Crippen molar-refractivity contribution in [3.63, 3.8) is 0 Å². The van der Waals surface area contributed by atoms with Crippen molar-refractivity contribution >= 4 is 113 Å². The maximum Gasteiger partial charge on any atom is 0.323 e. The van der Waals surface area contributed by atoms with E-state index in [0.29, 0.717) is 25.2 Å². The van der Waals surface area contributed by atoms with E-state index in [1.165, 1.54) is 19.1 Å². The average Bonchev–Trinajstić information content (AvgIpc) is 1.69. The number of nitrogens with one attached hydrogen (secondary N) is 2. The molecule has 120 heavy (non-hydrogen) atoms. The number of aliphatic carboxylic acids is 13. The molecular weight excluding hydrogens is 1620 g/mol. The minimum absolute atomic E-state index is 0.0208. The van der Waals surface area contributed by atoms with Crippen LogP contribution in [0.15, 0.2) is 85.1 Å². The second-order valence-electron chi connectivity index (χ2n) is 25.9. The molecule has 5 rings (SSSR count). The third kappa shape index (κ3) is 74.4. The van der Waals surface area contributed by atoms with Gasteiger partial charge < -0.3 is 172 Å². The summed E-state index contributed by atoms with van der Waals surface area (Å²) in [5, 5.41) is 136. The number of H-pyrrole nitrogens is 1. The van der Waals surface area contributed by atoms with Crippen LogP contribution < -0.4 is 85.6 Å². The van der Waals surface area contributed by atoms with Gasteiger partial charge in [0.25, 0.3) is 0 Å². The molecule has 0 aliphatic carbocycles. The van der Waals surface area contributed by atoms with Gasteiger partial charge in [-0.25, -0.2) is 0 Å². The van der Waals surface area contributed by atoms with E-state index in [0.717, 1.165) is 53.4 Å². The Morgan fingerprint density at radius 2 is 0.867 bits per heavy atom. The first-order valence-electron chi connectivity index (χ1n) is 35.8. The van der Waals surface area contributed by atoms with Gasteiger partial charge in [-0.3, -0.25) is 71.9 Å². The van der Waals surface area contributed by atoms with E-state index in [2.05, 4.69) is 34.4 Å². The summed E-state index contributed by atoms with van der Waals surface area (Å²) in [4.78, 5) is 153. The maximum atomic E-state index is 10.6. The van der Waals surface area contributed by atoms with Crippen LogP contribution in [-0.2, 0) is 91.2 Å². The molecule has 0 radical (unpaired) electrons. The van der Waals surface area contributed by atoms with Gasteiger partial charge in [0.2, 0.25) is 11.8 Å². The molecule has 0 saturated carbocycles. The molecule has 4 aromatic rings. The second-order valence-corrected chi connectivity index (χ2v) is 26.3. The molecule has 1 saturated heterocycles. The van der Waals surface area contributed by atoms with Gasteiger partial charge >= 0.3 is 77.6 Å². The lowest BCUT2D eigenvalue weighted by Gasteiger charge is -2.11. The fraction of sp³-hybridized carbons (Fsp3) is 0.514. The van der Waals surface area contributed by atoms with E-state index >= 15 is 0 Å². The Kier molecular flexibility index (Phi) is 75.7.